The molecule has 1 N–H and O–H groups in total. The van der Waals surface area contributed by atoms with E-state index in [4.69, 9.17) is 5.11 Å². The quantitative estimate of drug-likeness (QED) is 0.590. The molecule has 0 spiro atoms. The molecule has 1 aliphatic heterocycles. The van der Waals surface area contributed by atoms with Crippen LogP contribution in [-0.2, 0) is 4.79 Å². The lowest BCUT2D eigenvalue weighted by molar-refractivity contribution is -0.111. The van der Waals surface area contributed by atoms with Crippen LogP contribution in [0.5, 0.6) is 0 Å². The molecule has 2 unspecified atom stereocenters. The first-order valence-electron chi connectivity index (χ1n) is 3.04. The van der Waals surface area contributed by atoms with Gasteiger partial charge in [-0.05, 0) is 6.92 Å². The van der Waals surface area contributed by atoms with Gasteiger partial charge in [0.2, 0.25) is 0 Å². The molecule has 0 aliphatic carbocycles. The summed E-state index contributed by atoms with van der Waals surface area (Å²) in [5.74, 6) is 1.01. The monoisotopic (exact) mass is 146 g/mol. The van der Waals surface area contributed by atoms with Crippen LogP contribution in [0.25, 0.3) is 0 Å². The van der Waals surface area contributed by atoms with E-state index in [1.165, 1.54) is 11.8 Å². The largest absolute Gasteiger partial charge is 0.393 e. The van der Waals surface area contributed by atoms with Gasteiger partial charge in [-0.15, -0.1) is 0 Å². The van der Waals surface area contributed by atoms with Crippen LogP contribution in [0, 0.1) is 5.92 Å². The Morgan fingerprint density at radius 3 is 2.78 bits per heavy atom. The highest BCUT2D eigenvalue weighted by molar-refractivity contribution is 8.14. The lowest BCUT2D eigenvalue weighted by Crippen LogP contribution is -2.15. The van der Waals surface area contributed by atoms with E-state index in [0.717, 1.165) is 5.75 Å². The summed E-state index contributed by atoms with van der Waals surface area (Å²) < 4.78 is 0. The minimum Gasteiger partial charge on any atom is -0.393 e. The van der Waals surface area contributed by atoms with Crippen LogP contribution in [0.15, 0.2) is 0 Å². The van der Waals surface area contributed by atoms with Gasteiger partial charge in [-0.3, -0.25) is 4.79 Å². The molecule has 1 aliphatic rings. The summed E-state index contributed by atoms with van der Waals surface area (Å²) in [5, 5.41) is 9.23. The third-order valence-electron chi connectivity index (χ3n) is 1.57. The Hall–Kier alpha value is -0.0200. The molecule has 2 atom stereocenters. The van der Waals surface area contributed by atoms with Crippen LogP contribution in [-0.4, -0.2) is 22.1 Å². The Morgan fingerprint density at radius 2 is 2.56 bits per heavy atom. The number of thioether (sulfide) groups is 1. The van der Waals surface area contributed by atoms with E-state index in [2.05, 4.69) is 0 Å². The van der Waals surface area contributed by atoms with E-state index in [1.807, 2.05) is 0 Å². The number of aliphatic hydroxyl groups excluding tert-OH is 1. The number of aliphatic hydroxyl groups is 1. The van der Waals surface area contributed by atoms with Crippen molar-refractivity contribution in [2.45, 2.75) is 19.4 Å². The molecule has 52 valence electrons. The van der Waals surface area contributed by atoms with Crippen molar-refractivity contribution in [2.24, 2.45) is 5.92 Å². The van der Waals surface area contributed by atoms with Gasteiger partial charge in [-0.25, -0.2) is 0 Å². The van der Waals surface area contributed by atoms with Gasteiger partial charge in [0.1, 0.15) is 0 Å². The molecule has 1 rings (SSSR count). The molecule has 2 nitrogen and oxygen atoms in total. The Bertz CT molecular complexity index is 122. The SMILES string of the molecule is CC(O)C1CSC(=O)C1. The van der Waals surface area contributed by atoms with Crippen molar-refractivity contribution >= 4 is 16.9 Å². The smallest absolute Gasteiger partial charge is 0.189 e. The highest BCUT2D eigenvalue weighted by Crippen LogP contribution is 2.27. The average Bonchev–Trinajstić information content (AvgIpc) is 2.14. The van der Waals surface area contributed by atoms with Gasteiger partial charge >= 0.3 is 0 Å². The molecular weight excluding hydrogens is 136 g/mol. The van der Waals surface area contributed by atoms with Crippen LogP contribution in [0.4, 0.5) is 0 Å². The summed E-state index contributed by atoms with van der Waals surface area (Å²) in [7, 11) is 0. The number of carbonyl (C=O) groups is 1. The highest BCUT2D eigenvalue weighted by Gasteiger charge is 2.26. The predicted octanol–water partition coefficient (Wildman–Crippen LogP) is 0.647. The van der Waals surface area contributed by atoms with Crippen molar-refractivity contribution in [1.82, 2.24) is 0 Å². The summed E-state index contributed by atoms with van der Waals surface area (Å²) in [4.78, 5) is 10.6. The molecule has 0 aromatic carbocycles. The Balaban J connectivity index is 2.39. The minimum absolute atomic E-state index is 0.211. The molecular formula is C6H10O2S. The van der Waals surface area contributed by atoms with E-state index < -0.39 is 0 Å². The highest BCUT2D eigenvalue weighted by atomic mass is 32.2. The summed E-state index contributed by atoms with van der Waals surface area (Å²) in [6.45, 7) is 1.74. The molecule has 0 amide bonds. The summed E-state index contributed by atoms with van der Waals surface area (Å²) in [6.07, 6.45) is 0.242. The maximum absolute atomic E-state index is 10.6. The normalized spacial score (nSPS) is 30.9. The summed E-state index contributed by atoms with van der Waals surface area (Å²) in [6, 6.07) is 0. The third kappa shape index (κ3) is 1.69. The first kappa shape index (κ1) is 7.09. The van der Waals surface area contributed by atoms with Gasteiger partial charge in [-0.1, -0.05) is 11.8 Å². The van der Waals surface area contributed by atoms with E-state index in [-0.39, 0.29) is 17.1 Å². The predicted molar refractivity (Wildman–Crippen MR) is 37.3 cm³/mol. The van der Waals surface area contributed by atoms with E-state index >= 15 is 0 Å². The maximum Gasteiger partial charge on any atom is 0.189 e. The Labute approximate surface area is 58.6 Å². The van der Waals surface area contributed by atoms with Crippen LogP contribution >= 0.6 is 11.8 Å². The first-order valence-corrected chi connectivity index (χ1v) is 4.02. The molecule has 1 fully saturated rings. The van der Waals surface area contributed by atoms with Gasteiger partial charge in [0.05, 0.1) is 6.10 Å². The number of rotatable bonds is 1. The molecule has 9 heavy (non-hydrogen) atoms. The Morgan fingerprint density at radius 1 is 1.89 bits per heavy atom. The van der Waals surface area contributed by atoms with Gasteiger partial charge in [0, 0.05) is 18.1 Å². The second kappa shape index (κ2) is 2.71. The van der Waals surface area contributed by atoms with Crippen LogP contribution in [0.1, 0.15) is 13.3 Å². The van der Waals surface area contributed by atoms with Crippen LogP contribution in [0.3, 0.4) is 0 Å². The molecule has 0 radical (unpaired) electrons. The van der Waals surface area contributed by atoms with Crippen molar-refractivity contribution in [3.05, 3.63) is 0 Å². The first-order chi connectivity index (χ1) is 4.20. The zero-order chi connectivity index (χ0) is 6.85. The zero-order valence-corrected chi connectivity index (χ0v) is 6.15. The molecule has 0 bridgehead atoms. The molecule has 1 saturated heterocycles. The summed E-state index contributed by atoms with van der Waals surface area (Å²) in [5.41, 5.74) is 0. The van der Waals surface area contributed by atoms with Crippen molar-refractivity contribution in [2.75, 3.05) is 5.75 Å². The fourth-order valence-electron chi connectivity index (χ4n) is 0.842. The lowest BCUT2D eigenvalue weighted by atomic mass is 10.0. The minimum atomic E-state index is -0.316. The third-order valence-corrected chi connectivity index (χ3v) is 2.65. The maximum atomic E-state index is 10.6. The topological polar surface area (TPSA) is 37.3 Å². The molecule has 3 heteroatoms. The van der Waals surface area contributed by atoms with Gasteiger partial charge in [0.15, 0.2) is 5.12 Å². The van der Waals surface area contributed by atoms with E-state index in [0.29, 0.717) is 6.42 Å². The van der Waals surface area contributed by atoms with Gasteiger partial charge < -0.3 is 5.11 Å². The fraction of sp³-hybridized carbons (Fsp3) is 0.833. The van der Waals surface area contributed by atoms with Crippen molar-refractivity contribution < 1.29 is 9.90 Å². The van der Waals surface area contributed by atoms with E-state index in [9.17, 15) is 4.79 Å². The second-order valence-corrected chi connectivity index (χ2v) is 3.47. The average molecular weight is 146 g/mol. The molecule has 1 heterocycles. The van der Waals surface area contributed by atoms with Crippen LogP contribution in [0.2, 0.25) is 0 Å². The zero-order valence-electron chi connectivity index (χ0n) is 5.33. The van der Waals surface area contributed by atoms with Crippen molar-refractivity contribution in [3.8, 4) is 0 Å². The van der Waals surface area contributed by atoms with E-state index in [1.54, 1.807) is 6.92 Å². The van der Waals surface area contributed by atoms with Crippen molar-refractivity contribution in [3.63, 3.8) is 0 Å². The molecule has 0 aromatic heterocycles. The van der Waals surface area contributed by atoms with Gasteiger partial charge in [0.25, 0.3) is 0 Å². The van der Waals surface area contributed by atoms with Gasteiger partial charge in [-0.2, -0.15) is 0 Å². The Kier molecular flexibility index (Phi) is 2.13. The second-order valence-electron chi connectivity index (χ2n) is 2.39. The summed E-state index contributed by atoms with van der Waals surface area (Å²) >= 11 is 1.33. The molecule has 0 aromatic rings. The molecule has 0 saturated carbocycles. The fourth-order valence-corrected chi connectivity index (χ4v) is 1.97. The number of hydrogen-bond donors (Lipinski definition) is 1. The van der Waals surface area contributed by atoms with Crippen LogP contribution < -0.4 is 0 Å². The standard InChI is InChI=1S/C6H10O2S/c1-4(7)5-2-6(8)9-3-5/h4-5,7H,2-3H2,1H3. The number of carbonyl (C=O) groups excluding carboxylic acids is 1. The van der Waals surface area contributed by atoms with Crippen molar-refractivity contribution in [1.29, 1.82) is 0 Å². The number of hydrogen-bond acceptors (Lipinski definition) is 3. The lowest BCUT2D eigenvalue weighted by Gasteiger charge is -2.08.